The lowest BCUT2D eigenvalue weighted by Gasteiger charge is -2.31. The highest BCUT2D eigenvalue weighted by Crippen LogP contribution is 2.40. The highest BCUT2D eigenvalue weighted by Gasteiger charge is 2.46. The van der Waals surface area contributed by atoms with Crippen LogP contribution in [0.1, 0.15) is 30.0 Å². The van der Waals surface area contributed by atoms with E-state index in [1.165, 1.54) is 0 Å². The molecule has 6 nitrogen and oxygen atoms in total. The predicted octanol–water partition coefficient (Wildman–Crippen LogP) is 3.22. The fraction of sp³-hybridized carbons (Fsp3) is 0.304. The molecule has 0 bridgehead atoms. The average Bonchev–Trinajstić information content (AvgIpc) is 3.53. The summed E-state index contributed by atoms with van der Waals surface area (Å²) < 4.78 is 5.94. The molecule has 1 atom stereocenters. The van der Waals surface area contributed by atoms with E-state index in [2.05, 4.69) is 5.32 Å². The van der Waals surface area contributed by atoms with Gasteiger partial charge in [-0.25, -0.2) is 4.79 Å². The molecule has 29 heavy (non-hydrogen) atoms. The molecule has 6 heteroatoms. The first-order valence-electron chi connectivity index (χ1n) is 9.97. The van der Waals surface area contributed by atoms with Crippen molar-refractivity contribution >= 4 is 11.9 Å². The van der Waals surface area contributed by atoms with Gasteiger partial charge in [-0.05, 0) is 36.1 Å². The molecule has 2 aromatic rings. The number of hydrogen-bond acceptors (Lipinski definition) is 3. The summed E-state index contributed by atoms with van der Waals surface area (Å²) in [5, 5.41) is 2.99. The molecule has 1 unspecified atom stereocenters. The standard InChI is InChI=1S/C23H23N3O3/c1-25-19-13-26(17-10-11-17)22(27)20(19)21(24-23(25)28)16-8-5-9-18(12-16)29-14-15-6-3-2-4-7-15/h2-9,12,17,21H,10-11,13-14H2,1H3,(H,24,28). The number of nitrogens with one attached hydrogen (secondary N) is 1. The number of nitrogens with zero attached hydrogens (tertiary/aromatic N) is 2. The van der Waals surface area contributed by atoms with E-state index in [4.69, 9.17) is 4.74 Å². The minimum Gasteiger partial charge on any atom is -0.489 e. The first-order chi connectivity index (χ1) is 14.1. The molecular formula is C23H23N3O3. The smallest absolute Gasteiger partial charge is 0.322 e. The van der Waals surface area contributed by atoms with Crippen LogP contribution in [0.25, 0.3) is 0 Å². The third-order valence-corrected chi connectivity index (χ3v) is 5.82. The van der Waals surface area contributed by atoms with Crippen LogP contribution < -0.4 is 10.1 Å². The van der Waals surface area contributed by atoms with Gasteiger partial charge in [-0.1, -0.05) is 42.5 Å². The van der Waals surface area contributed by atoms with Crippen LogP contribution in [-0.2, 0) is 11.4 Å². The van der Waals surface area contributed by atoms with E-state index in [0.29, 0.717) is 30.5 Å². The molecule has 5 rings (SSSR count). The molecule has 2 aliphatic heterocycles. The van der Waals surface area contributed by atoms with Crippen molar-refractivity contribution in [3.63, 3.8) is 0 Å². The predicted molar refractivity (Wildman–Crippen MR) is 108 cm³/mol. The van der Waals surface area contributed by atoms with E-state index < -0.39 is 6.04 Å². The maximum absolute atomic E-state index is 13.1. The molecule has 3 amide bonds. The van der Waals surface area contributed by atoms with Gasteiger partial charge in [-0.2, -0.15) is 0 Å². The first-order valence-corrected chi connectivity index (χ1v) is 9.97. The molecule has 1 saturated carbocycles. The average molecular weight is 389 g/mol. The van der Waals surface area contributed by atoms with Gasteiger partial charge >= 0.3 is 6.03 Å². The van der Waals surface area contributed by atoms with Gasteiger partial charge in [0, 0.05) is 13.1 Å². The minimum atomic E-state index is -0.453. The minimum absolute atomic E-state index is 0.0370. The van der Waals surface area contributed by atoms with Gasteiger partial charge in [0.25, 0.3) is 5.91 Å². The monoisotopic (exact) mass is 389 g/mol. The quantitative estimate of drug-likeness (QED) is 0.854. The molecular weight excluding hydrogens is 366 g/mol. The van der Waals surface area contributed by atoms with Crippen LogP contribution in [0.5, 0.6) is 5.75 Å². The summed E-state index contributed by atoms with van der Waals surface area (Å²) in [7, 11) is 1.73. The first kappa shape index (κ1) is 17.8. The number of ether oxygens (including phenoxy) is 1. The van der Waals surface area contributed by atoms with Crippen molar-refractivity contribution in [2.45, 2.75) is 31.5 Å². The summed E-state index contributed by atoms with van der Waals surface area (Å²) in [5.74, 6) is 0.751. The highest BCUT2D eigenvalue weighted by atomic mass is 16.5. The SMILES string of the molecule is CN1C(=O)NC(c2cccc(OCc3ccccc3)c2)C2=C1CN(C1CC1)C2=O. The lowest BCUT2D eigenvalue weighted by Crippen LogP contribution is -2.45. The van der Waals surface area contributed by atoms with Gasteiger partial charge in [0.15, 0.2) is 0 Å². The maximum Gasteiger partial charge on any atom is 0.322 e. The summed E-state index contributed by atoms with van der Waals surface area (Å²) in [6.45, 7) is 0.982. The summed E-state index contributed by atoms with van der Waals surface area (Å²) in [5.41, 5.74) is 3.43. The van der Waals surface area contributed by atoms with Gasteiger partial charge in [-0.15, -0.1) is 0 Å². The van der Waals surface area contributed by atoms with Crippen LogP contribution in [0.15, 0.2) is 65.9 Å². The van der Waals surface area contributed by atoms with E-state index in [1.54, 1.807) is 11.9 Å². The Morgan fingerprint density at radius 3 is 2.62 bits per heavy atom. The van der Waals surface area contributed by atoms with Gasteiger partial charge < -0.3 is 15.0 Å². The lowest BCUT2D eigenvalue weighted by molar-refractivity contribution is -0.126. The molecule has 0 radical (unpaired) electrons. The third-order valence-electron chi connectivity index (χ3n) is 5.82. The molecule has 2 heterocycles. The Hall–Kier alpha value is -3.28. The van der Waals surface area contributed by atoms with Crippen molar-refractivity contribution < 1.29 is 14.3 Å². The largest absolute Gasteiger partial charge is 0.489 e. The Morgan fingerprint density at radius 2 is 1.86 bits per heavy atom. The summed E-state index contributed by atoms with van der Waals surface area (Å²) >= 11 is 0. The van der Waals surface area contributed by atoms with Crippen molar-refractivity contribution in [3.8, 4) is 5.75 Å². The van der Waals surface area contributed by atoms with E-state index >= 15 is 0 Å². The fourth-order valence-electron chi connectivity index (χ4n) is 4.04. The Balaban J connectivity index is 1.42. The molecule has 1 fully saturated rings. The molecule has 1 N–H and O–H groups in total. The summed E-state index contributed by atoms with van der Waals surface area (Å²) in [6, 6.07) is 17.3. The van der Waals surface area contributed by atoms with E-state index in [0.717, 1.165) is 29.7 Å². The molecule has 0 spiro atoms. The van der Waals surface area contributed by atoms with Crippen molar-refractivity contribution in [3.05, 3.63) is 77.0 Å². The zero-order valence-corrected chi connectivity index (χ0v) is 16.3. The topological polar surface area (TPSA) is 61.9 Å². The van der Waals surface area contributed by atoms with E-state index in [9.17, 15) is 9.59 Å². The number of amides is 3. The Morgan fingerprint density at radius 1 is 1.07 bits per heavy atom. The van der Waals surface area contributed by atoms with Crippen LogP contribution in [0.4, 0.5) is 4.79 Å². The van der Waals surface area contributed by atoms with Crippen molar-refractivity contribution in [1.29, 1.82) is 0 Å². The maximum atomic E-state index is 13.1. The zero-order chi connectivity index (χ0) is 20.0. The van der Waals surface area contributed by atoms with Gasteiger partial charge in [-0.3, -0.25) is 9.69 Å². The van der Waals surface area contributed by atoms with Gasteiger partial charge in [0.2, 0.25) is 0 Å². The second-order valence-corrected chi connectivity index (χ2v) is 7.81. The Kier molecular flexibility index (Phi) is 4.27. The Labute approximate surface area is 169 Å². The van der Waals surface area contributed by atoms with Gasteiger partial charge in [0.1, 0.15) is 12.4 Å². The zero-order valence-electron chi connectivity index (χ0n) is 16.3. The number of likely N-dealkylation sites (N-methyl/N-ethyl adjacent to an activating group) is 1. The Bertz CT molecular complexity index is 997. The second-order valence-electron chi connectivity index (χ2n) is 7.81. The number of carbonyl (C=O) groups excluding carboxylic acids is 2. The molecule has 0 saturated heterocycles. The van der Waals surface area contributed by atoms with E-state index in [-0.39, 0.29) is 11.9 Å². The highest BCUT2D eigenvalue weighted by molar-refractivity contribution is 6.01. The molecule has 1 aliphatic carbocycles. The molecule has 2 aromatic carbocycles. The van der Waals surface area contributed by atoms with Crippen LogP contribution in [0.3, 0.4) is 0 Å². The van der Waals surface area contributed by atoms with Gasteiger partial charge in [0.05, 0.1) is 23.9 Å². The lowest BCUT2D eigenvalue weighted by atomic mass is 9.95. The van der Waals surface area contributed by atoms with Crippen molar-refractivity contribution in [2.75, 3.05) is 13.6 Å². The summed E-state index contributed by atoms with van der Waals surface area (Å²) in [4.78, 5) is 29.1. The second kappa shape index (κ2) is 6.95. The number of benzene rings is 2. The van der Waals surface area contributed by atoms with Crippen molar-refractivity contribution in [1.82, 2.24) is 15.1 Å². The number of hydrogen-bond donors (Lipinski definition) is 1. The molecule has 148 valence electrons. The van der Waals surface area contributed by atoms with E-state index in [1.807, 2.05) is 59.5 Å². The number of urea groups is 1. The third kappa shape index (κ3) is 3.24. The fourth-order valence-corrected chi connectivity index (χ4v) is 4.04. The van der Waals surface area contributed by atoms with Crippen LogP contribution in [-0.4, -0.2) is 41.4 Å². The number of carbonyl (C=O) groups is 2. The molecule has 0 aromatic heterocycles. The molecule has 3 aliphatic rings. The van der Waals surface area contributed by atoms with Crippen molar-refractivity contribution in [2.24, 2.45) is 0 Å². The van der Waals surface area contributed by atoms with Crippen LogP contribution in [0, 0.1) is 0 Å². The normalized spacial score (nSPS) is 21.3. The number of rotatable bonds is 5. The van der Waals surface area contributed by atoms with Crippen LogP contribution >= 0.6 is 0 Å². The summed E-state index contributed by atoms with van der Waals surface area (Å²) in [6.07, 6.45) is 2.09. The van der Waals surface area contributed by atoms with Crippen LogP contribution in [0.2, 0.25) is 0 Å².